The van der Waals surface area contributed by atoms with Crippen molar-refractivity contribution in [2.75, 3.05) is 0 Å². The van der Waals surface area contributed by atoms with Crippen LogP contribution < -0.4 is 0 Å². The molecule has 0 bridgehead atoms. The van der Waals surface area contributed by atoms with Gasteiger partial charge in [-0.2, -0.15) is 0 Å². The van der Waals surface area contributed by atoms with E-state index in [1.165, 1.54) is 5.56 Å². The summed E-state index contributed by atoms with van der Waals surface area (Å²) in [5, 5.41) is 0. The number of hydrogen-bond acceptors (Lipinski definition) is 2. The molecule has 0 N–H and O–H groups in total. The van der Waals surface area contributed by atoms with Crippen LogP contribution in [0.4, 0.5) is 0 Å². The number of likely N-dealkylation sites (tertiary alicyclic amines) is 1. The zero-order chi connectivity index (χ0) is 13.0. The van der Waals surface area contributed by atoms with Gasteiger partial charge in [0.15, 0.2) is 0 Å². The number of piperidine rings is 1. The molecule has 18 heavy (non-hydrogen) atoms. The predicted octanol–water partition coefficient (Wildman–Crippen LogP) is 3.41. The second-order valence-electron chi connectivity index (χ2n) is 5.23. The van der Waals surface area contributed by atoms with Crippen molar-refractivity contribution < 1.29 is 4.79 Å². The monoisotopic (exact) mass is 245 g/mol. The lowest BCUT2D eigenvalue weighted by atomic mass is 9.91. The summed E-state index contributed by atoms with van der Waals surface area (Å²) in [6, 6.07) is 11.4. The standard InChI is InChI=1S/C16H23NO/c1-3-14-10-16(18)11-15(4-2)17(14)12-13-8-6-5-7-9-13/h5-9,14-15H,3-4,10-12H2,1-2H3. The summed E-state index contributed by atoms with van der Waals surface area (Å²) >= 11 is 0. The van der Waals surface area contributed by atoms with E-state index in [0.717, 1.165) is 32.2 Å². The van der Waals surface area contributed by atoms with Crippen LogP contribution in [0.25, 0.3) is 0 Å². The van der Waals surface area contributed by atoms with Gasteiger partial charge in [0.25, 0.3) is 0 Å². The molecule has 0 aliphatic carbocycles. The fourth-order valence-electron chi connectivity index (χ4n) is 2.95. The Kier molecular flexibility index (Phi) is 4.54. The van der Waals surface area contributed by atoms with Gasteiger partial charge in [0.2, 0.25) is 0 Å². The fraction of sp³-hybridized carbons (Fsp3) is 0.562. The molecule has 0 amide bonds. The summed E-state index contributed by atoms with van der Waals surface area (Å²) < 4.78 is 0. The van der Waals surface area contributed by atoms with Gasteiger partial charge in [0.1, 0.15) is 5.78 Å². The van der Waals surface area contributed by atoms with Gasteiger partial charge >= 0.3 is 0 Å². The van der Waals surface area contributed by atoms with E-state index in [9.17, 15) is 4.79 Å². The largest absolute Gasteiger partial charge is 0.300 e. The number of benzene rings is 1. The molecule has 0 saturated carbocycles. The summed E-state index contributed by atoms with van der Waals surface area (Å²) in [5.74, 6) is 0.443. The van der Waals surface area contributed by atoms with Crippen LogP contribution in [0.2, 0.25) is 0 Å². The molecular formula is C16H23NO. The average Bonchev–Trinajstić information content (AvgIpc) is 2.41. The third-order valence-electron chi connectivity index (χ3n) is 4.02. The van der Waals surface area contributed by atoms with Gasteiger partial charge in [-0.3, -0.25) is 9.69 Å². The van der Waals surface area contributed by atoms with Gasteiger partial charge in [-0.15, -0.1) is 0 Å². The Labute approximate surface area is 110 Å². The van der Waals surface area contributed by atoms with Crippen LogP contribution in [0, 0.1) is 0 Å². The Morgan fingerprint density at radius 3 is 2.11 bits per heavy atom. The minimum absolute atomic E-state index is 0.427. The topological polar surface area (TPSA) is 20.3 Å². The summed E-state index contributed by atoms with van der Waals surface area (Å²) in [4.78, 5) is 14.3. The minimum atomic E-state index is 0.427. The molecule has 98 valence electrons. The first-order chi connectivity index (χ1) is 8.74. The molecule has 1 fully saturated rings. The highest BCUT2D eigenvalue weighted by atomic mass is 16.1. The minimum Gasteiger partial charge on any atom is -0.300 e. The lowest BCUT2D eigenvalue weighted by molar-refractivity contribution is -0.125. The molecule has 1 aromatic rings. The molecule has 1 heterocycles. The number of hydrogen-bond donors (Lipinski definition) is 0. The smallest absolute Gasteiger partial charge is 0.136 e. The van der Waals surface area contributed by atoms with Crippen LogP contribution in [0.1, 0.15) is 45.1 Å². The molecule has 2 unspecified atom stereocenters. The number of nitrogens with zero attached hydrogens (tertiary/aromatic N) is 1. The van der Waals surface area contributed by atoms with E-state index in [1.807, 2.05) is 0 Å². The number of carbonyl (C=O) groups is 1. The van der Waals surface area contributed by atoms with Crippen molar-refractivity contribution in [3.63, 3.8) is 0 Å². The normalized spacial score (nSPS) is 25.3. The van der Waals surface area contributed by atoms with E-state index >= 15 is 0 Å². The zero-order valence-corrected chi connectivity index (χ0v) is 11.4. The molecule has 1 aliphatic heterocycles. The first kappa shape index (κ1) is 13.3. The highest BCUT2D eigenvalue weighted by Gasteiger charge is 2.32. The maximum absolute atomic E-state index is 11.8. The van der Waals surface area contributed by atoms with Crippen molar-refractivity contribution in [1.29, 1.82) is 0 Å². The molecule has 2 atom stereocenters. The SMILES string of the molecule is CCC1CC(=O)CC(CC)N1Cc1ccccc1. The van der Waals surface area contributed by atoms with Crippen LogP contribution in [0.3, 0.4) is 0 Å². The van der Waals surface area contributed by atoms with E-state index < -0.39 is 0 Å². The van der Waals surface area contributed by atoms with Gasteiger partial charge < -0.3 is 0 Å². The Bertz CT molecular complexity index is 371. The predicted molar refractivity (Wildman–Crippen MR) is 74.4 cm³/mol. The Morgan fingerprint density at radius 1 is 1.06 bits per heavy atom. The molecule has 2 heteroatoms. The van der Waals surface area contributed by atoms with Crippen LogP contribution in [-0.4, -0.2) is 22.8 Å². The summed E-state index contributed by atoms with van der Waals surface area (Å²) in [7, 11) is 0. The first-order valence-corrected chi connectivity index (χ1v) is 7.06. The zero-order valence-electron chi connectivity index (χ0n) is 11.4. The number of ketones is 1. The Hall–Kier alpha value is -1.15. The molecule has 0 radical (unpaired) electrons. The average molecular weight is 245 g/mol. The summed E-state index contributed by atoms with van der Waals surface area (Å²) in [5.41, 5.74) is 1.35. The number of rotatable bonds is 4. The second kappa shape index (κ2) is 6.14. The van der Waals surface area contributed by atoms with Gasteiger partial charge in [-0.25, -0.2) is 0 Å². The molecule has 1 aromatic carbocycles. The molecule has 1 saturated heterocycles. The van der Waals surface area contributed by atoms with Crippen molar-refractivity contribution in [2.24, 2.45) is 0 Å². The first-order valence-electron chi connectivity index (χ1n) is 7.06. The van der Waals surface area contributed by atoms with Crippen LogP contribution in [0.5, 0.6) is 0 Å². The van der Waals surface area contributed by atoms with Crippen LogP contribution in [-0.2, 0) is 11.3 Å². The maximum atomic E-state index is 11.8. The van der Waals surface area contributed by atoms with Crippen molar-refractivity contribution in [2.45, 2.75) is 58.2 Å². The van der Waals surface area contributed by atoms with E-state index in [4.69, 9.17) is 0 Å². The van der Waals surface area contributed by atoms with Gasteiger partial charge in [0, 0.05) is 31.5 Å². The van der Waals surface area contributed by atoms with Crippen LogP contribution in [0.15, 0.2) is 30.3 Å². The molecule has 0 aromatic heterocycles. The molecule has 2 rings (SSSR count). The van der Waals surface area contributed by atoms with E-state index in [2.05, 4.69) is 49.1 Å². The van der Waals surface area contributed by atoms with E-state index in [-0.39, 0.29) is 0 Å². The van der Waals surface area contributed by atoms with E-state index in [0.29, 0.717) is 17.9 Å². The van der Waals surface area contributed by atoms with Crippen molar-refractivity contribution >= 4 is 5.78 Å². The highest BCUT2D eigenvalue weighted by molar-refractivity contribution is 5.80. The number of Topliss-reactive ketones (excluding diaryl/α,β-unsaturated/α-hetero) is 1. The molecule has 0 spiro atoms. The van der Waals surface area contributed by atoms with Crippen LogP contribution >= 0.6 is 0 Å². The third-order valence-corrected chi connectivity index (χ3v) is 4.02. The fourth-order valence-corrected chi connectivity index (χ4v) is 2.95. The van der Waals surface area contributed by atoms with Crippen molar-refractivity contribution in [3.8, 4) is 0 Å². The Balaban J connectivity index is 2.13. The third kappa shape index (κ3) is 2.99. The number of carbonyl (C=O) groups excluding carboxylic acids is 1. The van der Waals surface area contributed by atoms with Gasteiger partial charge in [-0.05, 0) is 18.4 Å². The molecule has 2 nitrogen and oxygen atoms in total. The second-order valence-corrected chi connectivity index (χ2v) is 5.23. The van der Waals surface area contributed by atoms with Gasteiger partial charge in [-0.1, -0.05) is 44.2 Å². The quantitative estimate of drug-likeness (QED) is 0.810. The van der Waals surface area contributed by atoms with Gasteiger partial charge in [0.05, 0.1) is 0 Å². The van der Waals surface area contributed by atoms with Crippen molar-refractivity contribution in [3.05, 3.63) is 35.9 Å². The summed E-state index contributed by atoms with van der Waals surface area (Å²) in [6.07, 6.45) is 3.60. The lowest BCUT2D eigenvalue weighted by Crippen LogP contribution is -2.48. The maximum Gasteiger partial charge on any atom is 0.136 e. The Morgan fingerprint density at radius 2 is 1.61 bits per heavy atom. The highest BCUT2D eigenvalue weighted by Crippen LogP contribution is 2.26. The molecule has 1 aliphatic rings. The van der Waals surface area contributed by atoms with E-state index in [1.54, 1.807) is 0 Å². The lowest BCUT2D eigenvalue weighted by Gasteiger charge is -2.41. The summed E-state index contributed by atoms with van der Waals surface area (Å²) in [6.45, 7) is 5.35. The van der Waals surface area contributed by atoms with Crippen molar-refractivity contribution in [1.82, 2.24) is 4.90 Å². The molecular weight excluding hydrogens is 222 g/mol.